The molecule has 0 spiro atoms. The van der Waals surface area contributed by atoms with Crippen LogP contribution in [0.1, 0.15) is 30.1 Å². The zero-order valence-corrected chi connectivity index (χ0v) is 11.8. The van der Waals surface area contributed by atoms with E-state index in [0.717, 1.165) is 24.2 Å². The molecule has 0 aromatic heterocycles. The standard InChI is InChI=1S/C18H19NO/c1-14(20)15-7-6-8-16(13-15)17-9-2-3-10-18(17)19-11-4-5-12-19/h2-3,6-10,13H,4-5,11-12H2,1H3. The van der Waals surface area contributed by atoms with E-state index in [1.54, 1.807) is 6.92 Å². The summed E-state index contributed by atoms with van der Waals surface area (Å²) in [6.45, 7) is 3.87. The minimum atomic E-state index is 0.116. The van der Waals surface area contributed by atoms with E-state index in [0.29, 0.717) is 0 Å². The summed E-state index contributed by atoms with van der Waals surface area (Å²) >= 11 is 0. The van der Waals surface area contributed by atoms with Crippen molar-refractivity contribution in [3.63, 3.8) is 0 Å². The van der Waals surface area contributed by atoms with Crippen molar-refractivity contribution in [2.75, 3.05) is 18.0 Å². The lowest BCUT2D eigenvalue weighted by Gasteiger charge is -2.21. The van der Waals surface area contributed by atoms with Gasteiger partial charge in [0.25, 0.3) is 0 Å². The first-order chi connectivity index (χ1) is 9.75. The van der Waals surface area contributed by atoms with Gasteiger partial charge in [-0.1, -0.05) is 36.4 Å². The first-order valence-corrected chi connectivity index (χ1v) is 7.21. The molecule has 2 aromatic carbocycles. The van der Waals surface area contributed by atoms with Crippen LogP contribution in [0.4, 0.5) is 5.69 Å². The molecule has 1 saturated heterocycles. The van der Waals surface area contributed by atoms with Crippen LogP contribution < -0.4 is 4.90 Å². The maximum absolute atomic E-state index is 11.6. The van der Waals surface area contributed by atoms with Crippen LogP contribution in [0.15, 0.2) is 48.5 Å². The van der Waals surface area contributed by atoms with Crippen LogP contribution in [0, 0.1) is 0 Å². The minimum absolute atomic E-state index is 0.116. The Balaban J connectivity index is 2.05. The largest absolute Gasteiger partial charge is 0.371 e. The van der Waals surface area contributed by atoms with E-state index in [2.05, 4.69) is 35.2 Å². The molecule has 3 rings (SSSR count). The molecule has 0 atom stereocenters. The highest BCUT2D eigenvalue weighted by molar-refractivity contribution is 5.95. The maximum atomic E-state index is 11.6. The molecule has 1 aliphatic heterocycles. The van der Waals surface area contributed by atoms with Crippen LogP contribution in [-0.4, -0.2) is 18.9 Å². The molecule has 1 heterocycles. The average molecular weight is 265 g/mol. The SMILES string of the molecule is CC(=O)c1cccc(-c2ccccc2N2CCCC2)c1. The van der Waals surface area contributed by atoms with Gasteiger partial charge in [-0.05, 0) is 37.5 Å². The van der Waals surface area contributed by atoms with E-state index in [9.17, 15) is 4.79 Å². The number of carbonyl (C=O) groups excluding carboxylic acids is 1. The summed E-state index contributed by atoms with van der Waals surface area (Å²) < 4.78 is 0. The zero-order valence-electron chi connectivity index (χ0n) is 11.8. The van der Waals surface area contributed by atoms with Crippen LogP contribution in [0.2, 0.25) is 0 Å². The topological polar surface area (TPSA) is 20.3 Å². The van der Waals surface area contributed by atoms with E-state index in [-0.39, 0.29) is 5.78 Å². The Kier molecular flexibility index (Phi) is 3.55. The molecule has 2 heteroatoms. The number of ketones is 1. The number of anilines is 1. The lowest BCUT2D eigenvalue weighted by Crippen LogP contribution is -2.18. The molecular formula is C18H19NO. The van der Waals surface area contributed by atoms with Crippen LogP contribution in [0.25, 0.3) is 11.1 Å². The van der Waals surface area contributed by atoms with E-state index in [4.69, 9.17) is 0 Å². The third-order valence-corrected chi connectivity index (χ3v) is 3.93. The minimum Gasteiger partial charge on any atom is -0.371 e. The summed E-state index contributed by atoms with van der Waals surface area (Å²) in [5.41, 5.74) is 4.40. The summed E-state index contributed by atoms with van der Waals surface area (Å²) in [5.74, 6) is 0.116. The maximum Gasteiger partial charge on any atom is 0.159 e. The normalized spacial score (nSPS) is 14.6. The van der Waals surface area contributed by atoms with Gasteiger partial charge in [0.1, 0.15) is 0 Å². The first-order valence-electron chi connectivity index (χ1n) is 7.21. The molecule has 1 fully saturated rings. The lowest BCUT2D eigenvalue weighted by molar-refractivity contribution is 0.101. The van der Waals surface area contributed by atoms with Crippen LogP contribution in [-0.2, 0) is 0 Å². The van der Waals surface area contributed by atoms with Crippen molar-refractivity contribution in [2.24, 2.45) is 0 Å². The van der Waals surface area contributed by atoms with Crippen molar-refractivity contribution in [3.8, 4) is 11.1 Å². The van der Waals surface area contributed by atoms with Gasteiger partial charge in [-0.3, -0.25) is 4.79 Å². The highest BCUT2D eigenvalue weighted by Gasteiger charge is 2.16. The summed E-state index contributed by atoms with van der Waals surface area (Å²) in [6.07, 6.45) is 2.53. The van der Waals surface area contributed by atoms with Crippen molar-refractivity contribution in [1.82, 2.24) is 0 Å². The Morgan fingerprint density at radius 2 is 1.75 bits per heavy atom. The van der Waals surface area contributed by atoms with Gasteiger partial charge in [-0.15, -0.1) is 0 Å². The Morgan fingerprint density at radius 1 is 1.00 bits per heavy atom. The van der Waals surface area contributed by atoms with Crippen molar-refractivity contribution in [2.45, 2.75) is 19.8 Å². The van der Waals surface area contributed by atoms with Crippen LogP contribution >= 0.6 is 0 Å². The van der Waals surface area contributed by atoms with Gasteiger partial charge >= 0.3 is 0 Å². The van der Waals surface area contributed by atoms with Gasteiger partial charge < -0.3 is 4.90 Å². The highest BCUT2D eigenvalue weighted by Crippen LogP contribution is 2.33. The monoisotopic (exact) mass is 265 g/mol. The van der Waals surface area contributed by atoms with Gasteiger partial charge in [0, 0.05) is 29.9 Å². The molecule has 0 amide bonds. The number of hydrogen-bond donors (Lipinski definition) is 0. The van der Waals surface area contributed by atoms with Crippen molar-refractivity contribution in [3.05, 3.63) is 54.1 Å². The second-order valence-corrected chi connectivity index (χ2v) is 5.35. The van der Waals surface area contributed by atoms with Gasteiger partial charge in [-0.2, -0.15) is 0 Å². The molecule has 102 valence electrons. The second kappa shape index (κ2) is 5.49. The second-order valence-electron chi connectivity index (χ2n) is 5.35. The lowest BCUT2D eigenvalue weighted by atomic mass is 9.99. The fourth-order valence-corrected chi connectivity index (χ4v) is 2.86. The molecule has 0 bridgehead atoms. The van der Waals surface area contributed by atoms with Gasteiger partial charge in [0.15, 0.2) is 5.78 Å². The summed E-state index contributed by atoms with van der Waals surface area (Å²) in [4.78, 5) is 14.0. The van der Waals surface area contributed by atoms with Crippen molar-refractivity contribution in [1.29, 1.82) is 0 Å². The average Bonchev–Trinajstić information content (AvgIpc) is 3.01. The first kappa shape index (κ1) is 12.9. The van der Waals surface area contributed by atoms with E-state index in [1.807, 2.05) is 18.2 Å². The fraction of sp³-hybridized carbons (Fsp3) is 0.278. The quantitative estimate of drug-likeness (QED) is 0.777. The number of rotatable bonds is 3. The third kappa shape index (κ3) is 2.46. The number of hydrogen-bond acceptors (Lipinski definition) is 2. The third-order valence-electron chi connectivity index (χ3n) is 3.93. The molecule has 0 N–H and O–H groups in total. The van der Waals surface area contributed by atoms with Crippen molar-refractivity contribution < 1.29 is 4.79 Å². The Hall–Kier alpha value is -2.09. The summed E-state index contributed by atoms with van der Waals surface area (Å²) in [7, 11) is 0. The fourth-order valence-electron chi connectivity index (χ4n) is 2.86. The van der Waals surface area contributed by atoms with Crippen LogP contribution in [0.3, 0.4) is 0 Å². The molecule has 0 aliphatic carbocycles. The highest BCUT2D eigenvalue weighted by atomic mass is 16.1. The van der Waals surface area contributed by atoms with Crippen LogP contribution in [0.5, 0.6) is 0 Å². The Labute approximate surface area is 120 Å². The molecule has 0 unspecified atom stereocenters. The summed E-state index contributed by atoms with van der Waals surface area (Å²) in [6, 6.07) is 16.4. The molecule has 1 aliphatic rings. The predicted molar refractivity (Wildman–Crippen MR) is 83.3 cm³/mol. The molecular weight excluding hydrogens is 246 g/mol. The smallest absolute Gasteiger partial charge is 0.159 e. The number of nitrogens with zero attached hydrogens (tertiary/aromatic N) is 1. The molecule has 20 heavy (non-hydrogen) atoms. The Bertz CT molecular complexity index is 627. The van der Waals surface area contributed by atoms with Gasteiger partial charge in [0.2, 0.25) is 0 Å². The Morgan fingerprint density at radius 3 is 2.50 bits per heavy atom. The number of para-hydroxylation sites is 1. The number of carbonyl (C=O) groups is 1. The number of Topliss-reactive ketones (excluding diaryl/α,β-unsaturated/α-hetero) is 1. The summed E-state index contributed by atoms with van der Waals surface area (Å²) in [5, 5.41) is 0. The van der Waals surface area contributed by atoms with E-state index >= 15 is 0 Å². The molecule has 0 radical (unpaired) electrons. The van der Waals surface area contributed by atoms with E-state index < -0.39 is 0 Å². The molecule has 0 saturated carbocycles. The molecule has 2 aromatic rings. The van der Waals surface area contributed by atoms with E-state index in [1.165, 1.54) is 24.1 Å². The van der Waals surface area contributed by atoms with Gasteiger partial charge in [-0.25, -0.2) is 0 Å². The molecule has 2 nitrogen and oxygen atoms in total. The predicted octanol–water partition coefficient (Wildman–Crippen LogP) is 4.16. The van der Waals surface area contributed by atoms with Crippen molar-refractivity contribution >= 4 is 11.5 Å². The zero-order chi connectivity index (χ0) is 13.9. The number of benzene rings is 2. The van der Waals surface area contributed by atoms with Gasteiger partial charge in [0.05, 0.1) is 0 Å².